The van der Waals surface area contributed by atoms with Gasteiger partial charge in [0, 0.05) is 11.9 Å². The highest BCUT2D eigenvalue weighted by molar-refractivity contribution is 6.12. The molecule has 1 N–H and O–H groups in total. The van der Waals surface area contributed by atoms with Gasteiger partial charge in [0.15, 0.2) is 0 Å². The maximum Gasteiger partial charge on any atom is 0.250 e. The van der Waals surface area contributed by atoms with Crippen LogP contribution in [0, 0.1) is 0 Å². The van der Waals surface area contributed by atoms with Gasteiger partial charge in [-0.3, -0.25) is 9.59 Å². The fraction of sp³-hybridized carbons (Fsp3) is 0.278. The minimum Gasteiger partial charge on any atom is -0.324 e. The number of anilines is 1. The second kappa shape index (κ2) is 5.83. The molecule has 23 heavy (non-hydrogen) atoms. The number of hydrogen-bond donors (Lipinski definition) is 1. The molecular formula is C18H19N3O2. The van der Waals surface area contributed by atoms with Crippen molar-refractivity contribution < 1.29 is 9.59 Å². The van der Waals surface area contributed by atoms with E-state index in [1.165, 1.54) is 0 Å². The average Bonchev–Trinajstić information content (AvgIpc) is 2.55. The molecule has 0 aromatic heterocycles. The predicted octanol–water partition coefficient (Wildman–Crippen LogP) is 2.66. The van der Waals surface area contributed by atoms with Gasteiger partial charge in [0.05, 0.1) is 6.42 Å². The van der Waals surface area contributed by atoms with Crippen LogP contribution in [0.5, 0.6) is 0 Å². The third-order valence-corrected chi connectivity index (χ3v) is 4.24. The summed E-state index contributed by atoms with van der Waals surface area (Å²) in [5, 5.41) is 2.98. The Kier molecular flexibility index (Phi) is 3.86. The van der Waals surface area contributed by atoms with Crippen molar-refractivity contribution in [2.75, 3.05) is 5.32 Å². The van der Waals surface area contributed by atoms with E-state index in [1.54, 1.807) is 30.2 Å². The third-order valence-electron chi connectivity index (χ3n) is 4.24. The van der Waals surface area contributed by atoms with Crippen LogP contribution in [0.25, 0.3) is 0 Å². The molecule has 1 atom stereocenters. The van der Waals surface area contributed by atoms with E-state index in [1.807, 2.05) is 37.3 Å². The molecule has 0 aliphatic carbocycles. The summed E-state index contributed by atoms with van der Waals surface area (Å²) < 4.78 is 0. The number of carbonyl (C=O) groups excluding carboxylic acids is 2. The molecule has 1 aromatic rings. The van der Waals surface area contributed by atoms with E-state index in [0.717, 1.165) is 17.7 Å². The molecule has 1 unspecified atom stereocenters. The number of aliphatic imine (C=N–C) groups is 1. The van der Waals surface area contributed by atoms with Crippen molar-refractivity contribution in [2.24, 2.45) is 4.99 Å². The minimum atomic E-state index is -0.990. The number of allylic oxidation sites excluding steroid dienone is 2. The summed E-state index contributed by atoms with van der Waals surface area (Å²) in [6, 6.07) is 7.70. The smallest absolute Gasteiger partial charge is 0.250 e. The number of rotatable bonds is 3. The molecule has 2 aliphatic heterocycles. The number of amides is 2. The fourth-order valence-electron chi connectivity index (χ4n) is 2.89. The van der Waals surface area contributed by atoms with Crippen molar-refractivity contribution in [3.63, 3.8) is 0 Å². The fourth-order valence-corrected chi connectivity index (χ4v) is 2.89. The van der Waals surface area contributed by atoms with Gasteiger partial charge in [0.1, 0.15) is 11.4 Å². The first kappa shape index (κ1) is 15.2. The predicted molar refractivity (Wildman–Crippen MR) is 90.0 cm³/mol. The van der Waals surface area contributed by atoms with Crippen molar-refractivity contribution in [3.8, 4) is 0 Å². The molecule has 1 aromatic carbocycles. The summed E-state index contributed by atoms with van der Waals surface area (Å²) >= 11 is 0. The highest BCUT2D eigenvalue weighted by Gasteiger charge is 2.45. The Morgan fingerprint density at radius 3 is 2.91 bits per heavy atom. The maximum absolute atomic E-state index is 12.9. The van der Waals surface area contributed by atoms with Crippen LogP contribution < -0.4 is 5.32 Å². The van der Waals surface area contributed by atoms with Crippen molar-refractivity contribution in [1.82, 2.24) is 4.90 Å². The van der Waals surface area contributed by atoms with E-state index in [4.69, 9.17) is 0 Å². The molecule has 0 saturated heterocycles. The Balaban J connectivity index is 1.91. The molecule has 3 rings (SSSR count). The van der Waals surface area contributed by atoms with E-state index < -0.39 is 5.54 Å². The molecular weight excluding hydrogens is 290 g/mol. The van der Waals surface area contributed by atoms with Gasteiger partial charge in [-0.05, 0) is 37.1 Å². The average molecular weight is 309 g/mol. The number of benzene rings is 1. The van der Waals surface area contributed by atoms with Crippen LogP contribution >= 0.6 is 0 Å². The van der Waals surface area contributed by atoms with Crippen LogP contribution in [-0.4, -0.2) is 28.1 Å². The summed E-state index contributed by atoms with van der Waals surface area (Å²) in [5.74, 6) is 0.0157. The molecule has 0 fully saturated rings. The van der Waals surface area contributed by atoms with Gasteiger partial charge < -0.3 is 10.2 Å². The quantitative estimate of drug-likeness (QED) is 0.933. The zero-order valence-corrected chi connectivity index (χ0v) is 13.2. The normalized spacial score (nSPS) is 22.6. The van der Waals surface area contributed by atoms with Gasteiger partial charge >= 0.3 is 0 Å². The first-order chi connectivity index (χ1) is 11.0. The number of nitrogens with zero attached hydrogens (tertiary/aromatic N) is 2. The lowest BCUT2D eigenvalue weighted by Crippen LogP contribution is -2.58. The van der Waals surface area contributed by atoms with E-state index in [-0.39, 0.29) is 18.2 Å². The summed E-state index contributed by atoms with van der Waals surface area (Å²) in [7, 11) is 0. The van der Waals surface area contributed by atoms with Crippen molar-refractivity contribution in [3.05, 3.63) is 54.3 Å². The van der Waals surface area contributed by atoms with Gasteiger partial charge in [-0.2, -0.15) is 4.99 Å². The molecule has 0 bridgehead atoms. The van der Waals surface area contributed by atoms with E-state index >= 15 is 0 Å². The Bertz CT molecular complexity index is 748. The lowest BCUT2D eigenvalue weighted by atomic mass is 9.91. The molecule has 0 spiro atoms. The highest BCUT2D eigenvalue weighted by Crippen LogP contribution is 2.29. The number of para-hydroxylation sites is 1. The number of carbonyl (C=O) groups is 2. The number of nitrogens with one attached hydrogen (secondary N) is 1. The SMILES string of the molecule is CCc1ccccc1NC(=O)C1(C)CC(=O)N=C2C=CC=CN21. The highest BCUT2D eigenvalue weighted by atomic mass is 16.2. The molecule has 2 heterocycles. The molecule has 2 amide bonds. The monoisotopic (exact) mass is 309 g/mol. The Morgan fingerprint density at radius 2 is 2.13 bits per heavy atom. The van der Waals surface area contributed by atoms with Crippen molar-refractivity contribution in [1.29, 1.82) is 0 Å². The van der Waals surface area contributed by atoms with Gasteiger partial charge in [-0.1, -0.05) is 31.2 Å². The molecule has 0 radical (unpaired) electrons. The van der Waals surface area contributed by atoms with Crippen molar-refractivity contribution in [2.45, 2.75) is 32.2 Å². The van der Waals surface area contributed by atoms with Crippen LogP contribution in [0.1, 0.15) is 25.8 Å². The van der Waals surface area contributed by atoms with Crippen LogP contribution in [0.3, 0.4) is 0 Å². The molecule has 5 heteroatoms. The van der Waals surface area contributed by atoms with E-state index in [2.05, 4.69) is 10.3 Å². The van der Waals surface area contributed by atoms with Gasteiger partial charge in [-0.25, -0.2) is 0 Å². The Labute approximate surface area is 135 Å². The molecule has 118 valence electrons. The molecule has 5 nitrogen and oxygen atoms in total. The van der Waals surface area contributed by atoms with Gasteiger partial charge in [-0.15, -0.1) is 0 Å². The van der Waals surface area contributed by atoms with Crippen LogP contribution in [0.15, 0.2) is 53.7 Å². The summed E-state index contributed by atoms with van der Waals surface area (Å²) in [5.41, 5.74) is 0.861. The maximum atomic E-state index is 12.9. The lowest BCUT2D eigenvalue weighted by molar-refractivity contribution is -0.130. The van der Waals surface area contributed by atoms with Crippen LogP contribution in [0.4, 0.5) is 5.69 Å². The number of fused-ring (bicyclic) bond motifs is 1. The minimum absolute atomic E-state index is 0.0504. The van der Waals surface area contributed by atoms with E-state index in [0.29, 0.717) is 5.84 Å². The lowest BCUT2D eigenvalue weighted by Gasteiger charge is -2.41. The first-order valence-corrected chi connectivity index (χ1v) is 7.69. The summed E-state index contributed by atoms with van der Waals surface area (Å²) in [4.78, 5) is 30.7. The zero-order chi connectivity index (χ0) is 16.4. The van der Waals surface area contributed by atoms with Gasteiger partial charge in [0.25, 0.3) is 11.8 Å². The Hall–Kier alpha value is -2.69. The second-order valence-electron chi connectivity index (χ2n) is 5.85. The number of amidine groups is 1. The molecule has 2 aliphatic rings. The van der Waals surface area contributed by atoms with Crippen molar-refractivity contribution >= 4 is 23.3 Å². The third kappa shape index (κ3) is 2.70. The summed E-state index contributed by atoms with van der Waals surface area (Å²) in [6.45, 7) is 3.81. The number of aryl methyl sites for hydroxylation is 1. The number of hydrogen-bond acceptors (Lipinski definition) is 3. The van der Waals surface area contributed by atoms with Gasteiger partial charge in [0.2, 0.25) is 0 Å². The standard InChI is InChI=1S/C18H19N3O2/c1-3-13-8-4-5-9-14(13)19-17(23)18(2)12-16(22)20-15-10-6-7-11-21(15)18/h4-11H,3,12H2,1-2H3,(H,19,23). The zero-order valence-electron chi connectivity index (χ0n) is 13.2. The van der Waals surface area contributed by atoms with Crippen LogP contribution in [-0.2, 0) is 16.0 Å². The Morgan fingerprint density at radius 1 is 1.35 bits per heavy atom. The largest absolute Gasteiger partial charge is 0.324 e. The van der Waals surface area contributed by atoms with Crippen LogP contribution in [0.2, 0.25) is 0 Å². The molecule has 0 saturated carbocycles. The topological polar surface area (TPSA) is 61.8 Å². The first-order valence-electron chi connectivity index (χ1n) is 7.69. The second-order valence-corrected chi connectivity index (χ2v) is 5.85. The van der Waals surface area contributed by atoms with E-state index in [9.17, 15) is 9.59 Å². The summed E-state index contributed by atoms with van der Waals surface area (Å²) in [6.07, 6.45) is 8.04.